The molecule has 0 unspecified atom stereocenters. The zero-order valence-electron chi connectivity index (χ0n) is 15.7. The van der Waals surface area contributed by atoms with Crippen LogP contribution in [0.5, 0.6) is 5.75 Å². The zero-order valence-corrected chi connectivity index (χ0v) is 16.4. The summed E-state index contributed by atoms with van der Waals surface area (Å²) in [7, 11) is 1.42. The zero-order chi connectivity index (χ0) is 21.4. The number of rotatable bonds is 4. The van der Waals surface area contributed by atoms with E-state index >= 15 is 0 Å². The maximum absolute atomic E-state index is 13.8. The number of amides is 1. The van der Waals surface area contributed by atoms with Crippen molar-refractivity contribution in [3.8, 4) is 11.7 Å². The number of alkyl halides is 2. The van der Waals surface area contributed by atoms with Gasteiger partial charge in [-0.25, -0.2) is 18.6 Å². The molecule has 0 atom stereocenters. The summed E-state index contributed by atoms with van der Waals surface area (Å²) in [6.07, 6.45) is -3.91. The summed E-state index contributed by atoms with van der Waals surface area (Å²) in [6.45, 7) is 1.15. The predicted molar refractivity (Wildman–Crippen MR) is 103 cm³/mol. The second-order valence-corrected chi connectivity index (χ2v) is 6.73. The van der Waals surface area contributed by atoms with Crippen LogP contribution in [0.25, 0.3) is 17.0 Å². The Bertz CT molecular complexity index is 1100. The molecule has 1 aliphatic heterocycles. The van der Waals surface area contributed by atoms with Gasteiger partial charge in [0.25, 0.3) is 6.43 Å². The Labute approximate surface area is 173 Å². The highest BCUT2D eigenvalue weighted by Crippen LogP contribution is 2.32. The van der Waals surface area contributed by atoms with Crippen LogP contribution >= 0.6 is 11.6 Å². The number of benzene rings is 1. The first-order chi connectivity index (χ1) is 14.4. The fourth-order valence-corrected chi connectivity index (χ4v) is 3.43. The number of aromatic nitrogens is 5. The molecule has 13 heteroatoms. The summed E-state index contributed by atoms with van der Waals surface area (Å²) in [5, 5.41) is 8.91. The number of imidazole rings is 1. The summed E-state index contributed by atoms with van der Waals surface area (Å²) in [5.41, 5.74) is 0.567. The van der Waals surface area contributed by atoms with Gasteiger partial charge in [-0.15, -0.1) is 0 Å². The van der Waals surface area contributed by atoms with Crippen LogP contribution in [0.1, 0.15) is 12.2 Å². The molecule has 0 saturated carbocycles. The van der Waals surface area contributed by atoms with Gasteiger partial charge in [-0.05, 0) is 23.7 Å². The molecule has 3 heterocycles. The highest BCUT2D eigenvalue weighted by atomic mass is 35.5. The van der Waals surface area contributed by atoms with Crippen LogP contribution in [0.4, 0.5) is 19.5 Å². The Hall–Kier alpha value is -3.28. The Kier molecular flexibility index (Phi) is 5.24. The number of nitrogens with zero attached hydrogens (tertiary/aromatic N) is 7. The largest absolute Gasteiger partial charge is 0.494 e. The van der Waals surface area contributed by atoms with Crippen LogP contribution in [0.2, 0.25) is 5.28 Å². The maximum atomic E-state index is 13.8. The number of hydrogen-bond acceptors (Lipinski definition) is 7. The van der Waals surface area contributed by atoms with E-state index in [1.165, 1.54) is 12.0 Å². The molecule has 1 aromatic carbocycles. The molecule has 1 aliphatic rings. The molecule has 3 aromatic rings. The molecular formula is C17H16ClF2N7O3. The number of ether oxygens (including phenoxy) is 1. The monoisotopic (exact) mass is 439 g/mol. The quantitative estimate of drug-likeness (QED) is 0.660. The fourth-order valence-electron chi connectivity index (χ4n) is 3.28. The molecule has 158 valence electrons. The predicted octanol–water partition coefficient (Wildman–Crippen LogP) is 2.61. The van der Waals surface area contributed by atoms with Crippen LogP contribution < -0.4 is 9.64 Å². The molecule has 1 saturated heterocycles. The summed E-state index contributed by atoms with van der Waals surface area (Å²) in [6, 6.07) is 4.85. The number of para-hydroxylation sites is 1. The van der Waals surface area contributed by atoms with E-state index in [9.17, 15) is 13.6 Å². The van der Waals surface area contributed by atoms with E-state index in [0.717, 1.165) is 4.57 Å². The standard InChI is InChI=1S/C17H16ClF2N7O3/c1-30-10-4-2-3-9-11(10)21-13(12(19)20)27(9)16-23-14(18)22-15(24-16)25-5-7-26(8-6-25)17(28)29/h2-4,12H,5-8H2,1H3,(H,28,29). The lowest BCUT2D eigenvalue weighted by atomic mass is 10.3. The average molecular weight is 440 g/mol. The van der Waals surface area contributed by atoms with Gasteiger partial charge in [-0.3, -0.25) is 4.57 Å². The van der Waals surface area contributed by atoms with Crippen molar-refractivity contribution >= 4 is 34.7 Å². The SMILES string of the molecule is COc1cccc2c1nc(C(F)F)n2-c1nc(Cl)nc(N2CCN(C(=O)O)CC2)n1. The minimum absolute atomic E-state index is 0.114. The molecule has 4 rings (SSSR count). The van der Waals surface area contributed by atoms with Crippen LogP contribution in [0, 0.1) is 0 Å². The average Bonchev–Trinajstić information content (AvgIpc) is 3.13. The van der Waals surface area contributed by atoms with Crippen molar-refractivity contribution in [3.63, 3.8) is 0 Å². The van der Waals surface area contributed by atoms with Gasteiger partial charge >= 0.3 is 6.09 Å². The van der Waals surface area contributed by atoms with Gasteiger partial charge in [-0.1, -0.05) is 6.07 Å². The van der Waals surface area contributed by atoms with E-state index in [-0.39, 0.29) is 35.8 Å². The van der Waals surface area contributed by atoms with Gasteiger partial charge in [0.2, 0.25) is 17.2 Å². The van der Waals surface area contributed by atoms with Crippen molar-refractivity contribution in [2.45, 2.75) is 6.43 Å². The summed E-state index contributed by atoms with van der Waals surface area (Å²) < 4.78 is 33.9. The number of carboxylic acid groups (broad SMARTS) is 1. The first kappa shape index (κ1) is 20.0. The molecular weight excluding hydrogens is 424 g/mol. The first-order valence-electron chi connectivity index (χ1n) is 8.87. The Balaban J connectivity index is 1.79. The lowest BCUT2D eigenvalue weighted by Crippen LogP contribution is -2.48. The van der Waals surface area contributed by atoms with Crippen LogP contribution in [0.3, 0.4) is 0 Å². The highest BCUT2D eigenvalue weighted by Gasteiger charge is 2.26. The molecule has 0 aliphatic carbocycles. The maximum Gasteiger partial charge on any atom is 0.407 e. The molecule has 0 radical (unpaired) electrons. The fraction of sp³-hybridized carbons (Fsp3) is 0.353. The van der Waals surface area contributed by atoms with Crippen molar-refractivity contribution in [2.24, 2.45) is 0 Å². The number of fused-ring (bicyclic) bond motifs is 1. The number of methoxy groups -OCH3 is 1. The lowest BCUT2D eigenvalue weighted by molar-refractivity contribution is 0.138. The van der Waals surface area contributed by atoms with E-state index in [1.807, 2.05) is 0 Å². The van der Waals surface area contributed by atoms with Gasteiger partial charge in [0.15, 0.2) is 5.82 Å². The van der Waals surface area contributed by atoms with E-state index in [1.54, 1.807) is 23.1 Å². The second kappa shape index (κ2) is 7.86. The number of carbonyl (C=O) groups is 1. The van der Waals surface area contributed by atoms with Crippen LogP contribution in [0.15, 0.2) is 18.2 Å². The number of halogens is 3. The minimum Gasteiger partial charge on any atom is -0.494 e. The Morgan fingerprint density at radius 3 is 2.47 bits per heavy atom. The van der Waals surface area contributed by atoms with Crippen molar-refractivity contribution in [1.29, 1.82) is 0 Å². The number of piperazine rings is 1. The topological polar surface area (TPSA) is 110 Å². The molecule has 1 N–H and O–H groups in total. The summed E-state index contributed by atoms with van der Waals surface area (Å²) in [5.74, 6) is -0.173. The molecule has 1 amide bonds. The van der Waals surface area contributed by atoms with Gasteiger partial charge < -0.3 is 19.6 Å². The van der Waals surface area contributed by atoms with Crippen molar-refractivity contribution in [3.05, 3.63) is 29.3 Å². The molecule has 0 bridgehead atoms. The Morgan fingerprint density at radius 1 is 1.13 bits per heavy atom. The second-order valence-electron chi connectivity index (χ2n) is 6.40. The summed E-state index contributed by atoms with van der Waals surface area (Å²) in [4.78, 5) is 30.5. The van der Waals surface area contributed by atoms with Crippen LogP contribution in [-0.2, 0) is 0 Å². The third-order valence-electron chi connectivity index (χ3n) is 4.71. The van der Waals surface area contributed by atoms with E-state index in [4.69, 9.17) is 21.4 Å². The van der Waals surface area contributed by atoms with Crippen molar-refractivity contribution in [2.75, 3.05) is 38.2 Å². The van der Waals surface area contributed by atoms with E-state index < -0.39 is 18.3 Å². The normalized spacial score (nSPS) is 14.6. The van der Waals surface area contributed by atoms with Gasteiger partial charge in [0, 0.05) is 26.2 Å². The molecule has 10 nitrogen and oxygen atoms in total. The minimum atomic E-state index is -2.90. The van der Waals surface area contributed by atoms with Gasteiger partial charge in [0.1, 0.15) is 11.3 Å². The first-order valence-corrected chi connectivity index (χ1v) is 9.25. The summed E-state index contributed by atoms with van der Waals surface area (Å²) >= 11 is 6.07. The molecule has 0 spiro atoms. The number of hydrogen-bond donors (Lipinski definition) is 1. The third-order valence-corrected chi connectivity index (χ3v) is 4.88. The number of anilines is 1. The van der Waals surface area contributed by atoms with E-state index in [0.29, 0.717) is 24.4 Å². The highest BCUT2D eigenvalue weighted by molar-refractivity contribution is 6.28. The smallest absolute Gasteiger partial charge is 0.407 e. The van der Waals surface area contributed by atoms with Crippen LogP contribution in [-0.4, -0.2) is 73.9 Å². The molecule has 30 heavy (non-hydrogen) atoms. The van der Waals surface area contributed by atoms with Gasteiger partial charge in [0.05, 0.1) is 12.6 Å². The Morgan fingerprint density at radius 2 is 1.83 bits per heavy atom. The molecule has 2 aromatic heterocycles. The van der Waals surface area contributed by atoms with Crippen molar-refractivity contribution in [1.82, 2.24) is 29.4 Å². The van der Waals surface area contributed by atoms with E-state index in [2.05, 4.69) is 19.9 Å². The van der Waals surface area contributed by atoms with Crippen molar-refractivity contribution < 1.29 is 23.4 Å². The lowest BCUT2D eigenvalue weighted by Gasteiger charge is -2.33. The van der Waals surface area contributed by atoms with Gasteiger partial charge in [-0.2, -0.15) is 15.0 Å². The third kappa shape index (κ3) is 3.54. The molecule has 1 fully saturated rings.